The molecule has 30 heavy (non-hydrogen) atoms. The Morgan fingerprint density at radius 1 is 0.967 bits per heavy atom. The first-order valence-corrected chi connectivity index (χ1v) is 9.98. The average molecular weight is 400 g/mol. The molecule has 0 aliphatic carbocycles. The Morgan fingerprint density at radius 3 is 2.47 bits per heavy atom. The van der Waals surface area contributed by atoms with Gasteiger partial charge in [0.25, 0.3) is 5.56 Å². The lowest BCUT2D eigenvalue weighted by atomic mass is 9.97. The first-order valence-electron chi connectivity index (χ1n) is 9.98. The van der Waals surface area contributed by atoms with Crippen LogP contribution in [0, 0.1) is 6.92 Å². The fraction of sp³-hybridized carbons (Fsp3) is 0.200. The van der Waals surface area contributed by atoms with Gasteiger partial charge >= 0.3 is 0 Å². The van der Waals surface area contributed by atoms with E-state index >= 15 is 0 Å². The summed E-state index contributed by atoms with van der Waals surface area (Å²) in [5.74, 6) is 0. The predicted molar refractivity (Wildman–Crippen MR) is 117 cm³/mol. The molecule has 1 aromatic heterocycles. The van der Waals surface area contributed by atoms with Crippen LogP contribution in [0.5, 0.6) is 0 Å². The molecule has 0 aliphatic heterocycles. The number of aromatic nitrogens is 2. The lowest BCUT2D eigenvalue weighted by Crippen LogP contribution is -2.31. The third-order valence-corrected chi connectivity index (χ3v) is 5.17. The van der Waals surface area contributed by atoms with Gasteiger partial charge in [0.15, 0.2) is 0 Å². The van der Waals surface area contributed by atoms with Crippen molar-refractivity contribution in [2.45, 2.75) is 25.7 Å². The van der Waals surface area contributed by atoms with Crippen molar-refractivity contribution in [3.63, 3.8) is 0 Å². The molecule has 0 amide bonds. The number of hydrogen-bond donors (Lipinski definition) is 1. The monoisotopic (exact) mass is 400 g/mol. The Hall–Kier alpha value is -3.28. The summed E-state index contributed by atoms with van der Waals surface area (Å²) in [6, 6.07) is 25.3. The number of nitrogens with zero attached hydrogens (tertiary/aromatic N) is 2. The molecular formula is C25H24N2O3. The second kappa shape index (κ2) is 9.03. The minimum Gasteiger partial charge on any atom is -0.389 e. The molecule has 5 nitrogen and oxygen atoms in total. The molecule has 0 unspecified atom stereocenters. The van der Waals surface area contributed by atoms with E-state index < -0.39 is 6.10 Å². The van der Waals surface area contributed by atoms with Crippen molar-refractivity contribution in [1.29, 1.82) is 0 Å². The van der Waals surface area contributed by atoms with Gasteiger partial charge in [-0.3, -0.25) is 4.79 Å². The van der Waals surface area contributed by atoms with Crippen LogP contribution in [0.3, 0.4) is 0 Å². The largest absolute Gasteiger partial charge is 0.389 e. The second-order valence-electron chi connectivity index (χ2n) is 7.35. The molecular weight excluding hydrogens is 376 g/mol. The highest BCUT2D eigenvalue weighted by Crippen LogP contribution is 2.28. The predicted octanol–water partition coefficient (Wildman–Crippen LogP) is 3.87. The molecule has 3 aromatic carbocycles. The first-order chi connectivity index (χ1) is 14.6. The molecule has 1 N–H and O–H groups in total. The van der Waals surface area contributed by atoms with Crippen LogP contribution in [0.25, 0.3) is 10.8 Å². The van der Waals surface area contributed by atoms with Crippen LogP contribution in [0.15, 0.2) is 89.9 Å². The zero-order chi connectivity index (χ0) is 20.9. The number of ether oxygens (including phenoxy) is 1. The molecule has 0 aliphatic rings. The highest BCUT2D eigenvalue weighted by molar-refractivity contribution is 5.80. The first kappa shape index (κ1) is 20.0. The lowest BCUT2D eigenvalue weighted by Gasteiger charge is -2.22. The van der Waals surface area contributed by atoms with Gasteiger partial charge in [0.05, 0.1) is 30.8 Å². The number of aliphatic hydroxyl groups is 1. The number of rotatable bonds is 7. The van der Waals surface area contributed by atoms with Crippen LogP contribution in [-0.2, 0) is 11.3 Å². The van der Waals surface area contributed by atoms with Gasteiger partial charge < -0.3 is 9.84 Å². The van der Waals surface area contributed by atoms with Crippen LogP contribution in [0.1, 0.15) is 22.8 Å². The van der Waals surface area contributed by atoms with Crippen LogP contribution in [0.2, 0.25) is 0 Å². The zero-order valence-electron chi connectivity index (χ0n) is 16.8. The summed E-state index contributed by atoms with van der Waals surface area (Å²) in [4.78, 5) is 12.6. The Morgan fingerprint density at radius 2 is 1.67 bits per heavy atom. The smallest absolute Gasteiger partial charge is 0.274 e. The SMILES string of the molecule is Cc1ccccc1[C@H](OC[C@H](O)Cn1ncc2ccccc2c1=O)c1ccccc1. The summed E-state index contributed by atoms with van der Waals surface area (Å²) < 4.78 is 7.46. The van der Waals surface area contributed by atoms with E-state index in [-0.39, 0.29) is 24.8 Å². The molecule has 0 fully saturated rings. The molecule has 4 aromatic rings. The number of aryl methyl sites for hydroxylation is 1. The third-order valence-electron chi connectivity index (χ3n) is 5.17. The summed E-state index contributed by atoms with van der Waals surface area (Å²) in [6.45, 7) is 2.19. The maximum atomic E-state index is 12.6. The fourth-order valence-electron chi connectivity index (χ4n) is 3.59. The highest BCUT2D eigenvalue weighted by atomic mass is 16.5. The van der Waals surface area contributed by atoms with E-state index in [1.165, 1.54) is 4.68 Å². The molecule has 5 heteroatoms. The molecule has 1 heterocycles. The second-order valence-corrected chi connectivity index (χ2v) is 7.35. The molecule has 0 spiro atoms. The molecule has 2 atom stereocenters. The highest BCUT2D eigenvalue weighted by Gasteiger charge is 2.19. The summed E-state index contributed by atoms with van der Waals surface area (Å²) in [6.07, 6.45) is 0.472. The van der Waals surface area contributed by atoms with Gasteiger partial charge in [-0.05, 0) is 29.7 Å². The van der Waals surface area contributed by atoms with Crippen molar-refractivity contribution < 1.29 is 9.84 Å². The van der Waals surface area contributed by atoms with Crippen molar-refractivity contribution in [1.82, 2.24) is 9.78 Å². The number of aliphatic hydroxyl groups excluding tert-OH is 1. The van der Waals surface area contributed by atoms with E-state index in [1.54, 1.807) is 12.3 Å². The normalized spacial score (nSPS) is 13.3. The maximum absolute atomic E-state index is 12.6. The molecule has 0 saturated heterocycles. The number of fused-ring (bicyclic) bond motifs is 1. The van der Waals surface area contributed by atoms with Crippen LogP contribution in [0.4, 0.5) is 0 Å². The van der Waals surface area contributed by atoms with Crippen molar-refractivity contribution >= 4 is 10.8 Å². The van der Waals surface area contributed by atoms with E-state index in [0.717, 1.165) is 22.1 Å². The summed E-state index contributed by atoms with van der Waals surface area (Å²) in [5, 5.41) is 16.2. The lowest BCUT2D eigenvalue weighted by molar-refractivity contribution is -0.00258. The van der Waals surface area contributed by atoms with Gasteiger partial charge in [0.2, 0.25) is 0 Å². The van der Waals surface area contributed by atoms with Crippen molar-refractivity contribution in [3.05, 3.63) is 112 Å². The molecule has 152 valence electrons. The zero-order valence-corrected chi connectivity index (χ0v) is 16.8. The van der Waals surface area contributed by atoms with Gasteiger partial charge in [-0.15, -0.1) is 0 Å². The van der Waals surface area contributed by atoms with E-state index in [4.69, 9.17) is 4.74 Å². The van der Waals surface area contributed by atoms with Gasteiger partial charge in [0.1, 0.15) is 6.10 Å². The van der Waals surface area contributed by atoms with E-state index in [2.05, 4.69) is 5.10 Å². The molecule has 0 bridgehead atoms. The molecule has 4 rings (SSSR count). The average Bonchev–Trinajstić information content (AvgIpc) is 2.78. The topological polar surface area (TPSA) is 64.3 Å². The van der Waals surface area contributed by atoms with Crippen molar-refractivity contribution in [3.8, 4) is 0 Å². The van der Waals surface area contributed by atoms with Gasteiger partial charge in [-0.1, -0.05) is 72.8 Å². The standard InChI is InChI=1S/C25H24N2O3/c1-18-9-5-7-13-22(18)24(19-10-3-2-4-11-19)30-17-21(28)16-27-25(29)23-14-8-6-12-20(23)15-26-27/h2-15,21,24,28H,16-17H2,1H3/t21-,24-/m1/s1. The quantitative estimate of drug-likeness (QED) is 0.511. The van der Waals surface area contributed by atoms with Gasteiger partial charge in [-0.2, -0.15) is 5.10 Å². The summed E-state index contributed by atoms with van der Waals surface area (Å²) in [5.41, 5.74) is 2.97. The minimum absolute atomic E-state index is 0.0684. The number of hydrogen-bond acceptors (Lipinski definition) is 4. The fourth-order valence-corrected chi connectivity index (χ4v) is 3.59. The van der Waals surface area contributed by atoms with Crippen LogP contribution in [-0.4, -0.2) is 27.6 Å². The van der Waals surface area contributed by atoms with Crippen molar-refractivity contribution in [2.75, 3.05) is 6.61 Å². The van der Waals surface area contributed by atoms with E-state index in [1.807, 2.05) is 79.7 Å². The van der Waals surface area contributed by atoms with Crippen LogP contribution < -0.4 is 5.56 Å². The molecule has 0 saturated carbocycles. The number of benzene rings is 3. The summed E-state index contributed by atoms with van der Waals surface area (Å²) in [7, 11) is 0. The van der Waals surface area contributed by atoms with E-state index in [0.29, 0.717) is 5.39 Å². The Bertz CT molecular complexity index is 1190. The Kier molecular flexibility index (Phi) is 6.02. The van der Waals surface area contributed by atoms with E-state index in [9.17, 15) is 9.90 Å². The molecule has 0 radical (unpaired) electrons. The maximum Gasteiger partial charge on any atom is 0.274 e. The van der Waals surface area contributed by atoms with Gasteiger partial charge in [0, 0.05) is 5.39 Å². The van der Waals surface area contributed by atoms with Gasteiger partial charge in [-0.25, -0.2) is 4.68 Å². The summed E-state index contributed by atoms with van der Waals surface area (Å²) >= 11 is 0. The third kappa shape index (κ3) is 4.32. The van der Waals surface area contributed by atoms with Crippen molar-refractivity contribution in [2.24, 2.45) is 0 Å². The minimum atomic E-state index is -0.869. The van der Waals surface area contributed by atoms with Crippen LogP contribution >= 0.6 is 0 Å². The Balaban J connectivity index is 1.52. The Labute approximate surface area is 175 Å².